The van der Waals surface area contributed by atoms with Gasteiger partial charge in [-0.3, -0.25) is 9.59 Å². The van der Waals surface area contributed by atoms with E-state index >= 15 is 0 Å². The monoisotopic (exact) mass is 371 g/mol. The van der Waals surface area contributed by atoms with Gasteiger partial charge in [-0.05, 0) is 17.5 Å². The van der Waals surface area contributed by atoms with Crippen LogP contribution >= 0.6 is 23.2 Å². The molecule has 0 aliphatic rings. The number of nitrogens with zero attached hydrogens (tertiary/aromatic N) is 1. The smallest absolute Gasteiger partial charge is 0.249 e. The Morgan fingerprint density at radius 3 is 2.52 bits per heavy atom. The highest BCUT2D eigenvalue weighted by Gasteiger charge is 2.29. The molecule has 0 saturated carbocycles. The summed E-state index contributed by atoms with van der Waals surface area (Å²) in [5.41, 5.74) is 0.535. The van der Waals surface area contributed by atoms with Crippen molar-refractivity contribution in [2.75, 3.05) is 5.32 Å². The minimum atomic E-state index is -1.52. The number of hydrogen-bond acceptors (Lipinski definition) is 3. The van der Waals surface area contributed by atoms with Gasteiger partial charge in [0.15, 0.2) is 5.92 Å². The average Bonchev–Trinajstić information content (AvgIpc) is 2.95. The standard InChI is InChI=1S/C18H11Cl2N3O2/c19-13-8-15(22-17(13)20)16(24)12(9-21)18(25)23-14-7-3-5-10-4-1-2-6-11(10)14/h1-8,12,22H,(H,23,25). The van der Waals surface area contributed by atoms with Gasteiger partial charge < -0.3 is 10.3 Å². The van der Waals surface area contributed by atoms with Crippen LogP contribution in [0.4, 0.5) is 5.69 Å². The van der Waals surface area contributed by atoms with Crippen molar-refractivity contribution in [3.05, 3.63) is 64.4 Å². The molecule has 0 bridgehead atoms. The number of ketones is 1. The number of carbonyl (C=O) groups is 2. The fourth-order valence-corrected chi connectivity index (χ4v) is 2.78. The van der Waals surface area contributed by atoms with Gasteiger partial charge in [0.25, 0.3) is 0 Å². The van der Waals surface area contributed by atoms with Crippen molar-refractivity contribution in [1.82, 2.24) is 4.98 Å². The van der Waals surface area contributed by atoms with Crippen LogP contribution in [0.1, 0.15) is 10.5 Å². The lowest BCUT2D eigenvalue weighted by Gasteiger charge is -2.11. The molecule has 1 atom stereocenters. The number of H-pyrrole nitrogens is 1. The van der Waals surface area contributed by atoms with Crippen molar-refractivity contribution in [2.45, 2.75) is 0 Å². The van der Waals surface area contributed by atoms with Crippen LogP contribution in [0.2, 0.25) is 10.2 Å². The molecule has 3 aromatic rings. The van der Waals surface area contributed by atoms with Gasteiger partial charge in [0.1, 0.15) is 5.15 Å². The molecule has 0 fully saturated rings. The Balaban J connectivity index is 1.88. The molecule has 0 saturated heterocycles. The fraction of sp³-hybridized carbons (Fsp3) is 0.0556. The van der Waals surface area contributed by atoms with Crippen LogP contribution in [0, 0.1) is 17.2 Å². The third-order valence-electron chi connectivity index (χ3n) is 3.69. The predicted molar refractivity (Wildman–Crippen MR) is 96.8 cm³/mol. The molecular weight excluding hydrogens is 361 g/mol. The zero-order valence-corrected chi connectivity index (χ0v) is 14.2. The van der Waals surface area contributed by atoms with Crippen LogP contribution in [0.5, 0.6) is 0 Å². The van der Waals surface area contributed by atoms with Gasteiger partial charge in [-0.25, -0.2) is 0 Å². The van der Waals surface area contributed by atoms with E-state index in [9.17, 15) is 14.9 Å². The van der Waals surface area contributed by atoms with Crippen LogP contribution < -0.4 is 5.32 Å². The van der Waals surface area contributed by atoms with Crippen molar-refractivity contribution in [2.24, 2.45) is 5.92 Å². The molecular formula is C18H11Cl2N3O2. The first-order valence-electron chi connectivity index (χ1n) is 7.27. The number of fused-ring (bicyclic) bond motifs is 1. The summed E-state index contributed by atoms with van der Waals surface area (Å²) >= 11 is 11.6. The second-order valence-electron chi connectivity index (χ2n) is 5.29. The van der Waals surface area contributed by atoms with E-state index in [2.05, 4.69) is 10.3 Å². The normalized spacial score (nSPS) is 11.7. The number of rotatable bonds is 4. The summed E-state index contributed by atoms with van der Waals surface area (Å²) < 4.78 is 0. The first-order chi connectivity index (χ1) is 12.0. The lowest BCUT2D eigenvalue weighted by atomic mass is 10.0. The van der Waals surface area contributed by atoms with E-state index in [0.717, 1.165) is 10.8 Å². The van der Waals surface area contributed by atoms with E-state index in [1.165, 1.54) is 6.07 Å². The second-order valence-corrected chi connectivity index (χ2v) is 6.07. The van der Waals surface area contributed by atoms with Crippen LogP contribution in [-0.4, -0.2) is 16.7 Å². The molecule has 1 heterocycles. The Bertz CT molecular complexity index is 996. The number of aromatic amines is 1. The van der Waals surface area contributed by atoms with E-state index < -0.39 is 17.6 Å². The molecule has 0 spiro atoms. The quantitative estimate of drug-likeness (QED) is 0.525. The Hall–Kier alpha value is -2.81. The minimum Gasteiger partial charge on any atom is -0.342 e. The highest BCUT2D eigenvalue weighted by Crippen LogP contribution is 2.25. The molecule has 5 nitrogen and oxygen atoms in total. The second kappa shape index (κ2) is 6.98. The fourth-order valence-electron chi connectivity index (χ4n) is 2.47. The predicted octanol–water partition coefficient (Wildman–Crippen LogP) is 4.44. The number of carbonyl (C=O) groups excluding carboxylic acids is 2. The summed E-state index contributed by atoms with van der Waals surface area (Å²) in [4.78, 5) is 27.4. The molecule has 7 heteroatoms. The molecule has 0 aliphatic carbocycles. The molecule has 1 unspecified atom stereocenters. The van der Waals surface area contributed by atoms with E-state index in [1.54, 1.807) is 18.2 Å². The summed E-state index contributed by atoms with van der Waals surface area (Å²) in [5.74, 6) is -2.94. The van der Waals surface area contributed by atoms with Gasteiger partial charge in [0.2, 0.25) is 11.7 Å². The largest absolute Gasteiger partial charge is 0.342 e. The van der Waals surface area contributed by atoms with Gasteiger partial charge in [0, 0.05) is 11.1 Å². The average molecular weight is 372 g/mol. The molecule has 2 N–H and O–H groups in total. The first kappa shape index (κ1) is 17.0. The minimum absolute atomic E-state index is 0.00891. The van der Waals surface area contributed by atoms with E-state index in [1.807, 2.05) is 30.3 Å². The van der Waals surface area contributed by atoms with E-state index in [4.69, 9.17) is 23.2 Å². The zero-order valence-electron chi connectivity index (χ0n) is 12.7. The summed E-state index contributed by atoms with van der Waals surface area (Å²) in [6.45, 7) is 0. The zero-order chi connectivity index (χ0) is 18.0. The Morgan fingerprint density at radius 2 is 1.84 bits per heavy atom. The highest BCUT2D eigenvalue weighted by molar-refractivity contribution is 6.41. The molecule has 124 valence electrons. The molecule has 2 aromatic carbocycles. The number of benzene rings is 2. The number of anilines is 1. The third-order valence-corrected chi connectivity index (χ3v) is 4.38. The molecule has 0 aliphatic heterocycles. The first-order valence-corrected chi connectivity index (χ1v) is 8.03. The summed E-state index contributed by atoms with van der Waals surface area (Å²) in [6.07, 6.45) is 0. The molecule has 1 aromatic heterocycles. The third kappa shape index (κ3) is 3.36. The maximum absolute atomic E-state index is 12.5. The Kier molecular flexibility index (Phi) is 4.75. The molecule has 0 radical (unpaired) electrons. The van der Waals surface area contributed by atoms with Gasteiger partial charge in [-0.1, -0.05) is 59.6 Å². The van der Waals surface area contributed by atoms with Gasteiger partial charge in [-0.15, -0.1) is 0 Å². The summed E-state index contributed by atoms with van der Waals surface area (Å²) in [7, 11) is 0. The lowest BCUT2D eigenvalue weighted by molar-refractivity contribution is -0.117. The number of aromatic nitrogens is 1. The number of nitriles is 1. The Labute approximate surface area is 153 Å². The van der Waals surface area contributed by atoms with Crippen molar-refractivity contribution < 1.29 is 9.59 Å². The van der Waals surface area contributed by atoms with E-state index in [-0.39, 0.29) is 15.9 Å². The van der Waals surface area contributed by atoms with Crippen molar-refractivity contribution in [3.63, 3.8) is 0 Å². The van der Waals surface area contributed by atoms with Gasteiger partial charge in [0.05, 0.1) is 16.8 Å². The summed E-state index contributed by atoms with van der Waals surface area (Å²) in [6, 6.07) is 15.9. The van der Waals surface area contributed by atoms with Crippen molar-refractivity contribution >= 4 is 51.4 Å². The number of nitrogens with one attached hydrogen (secondary N) is 2. The van der Waals surface area contributed by atoms with Gasteiger partial charge >= 0.3 is 0 Å². The Morgan fingerprint density at radius 1 is 1.12 bits per heavy atom. The maximum atomic E-state index is 12.5. The van der Waals surface area contributed by atoms with Crippen LogP contribution in [0.3, 0.4) is 0 Å². The van der Waals surface area contributed by atoms with Crippen molar-refractivity contribution in [1.29, 1.82) is 5.26 Å². The molecule has 3 rings (SSSR count). The van der Waals surface area contributed by atoms with Crippen molar-refractivity contribution in [3.8, 4) is 6.07 Å². The van der Waals surface area contributed by atoms with Crippen LogP contribution in [0.15, 0.2) is 48.5 Å². The number of hydrogen-bond donors (Lipinski definition) is 2. The van der Waals surface area contributed by atoms with E-state index in [0.29, 0.717) is 5.69 Å². The SMILES string of the molecule is N#CC(C(=O)Nc1cccc2ccccc12)C(=O)c1cc(Cl)c(Cl)[nH]1. The molecule has 1 amide bonds. The summed E-state index contributed by atoms with van der Waals surface area (Å²) in [5, 5.41) is 13.9. The number of amides is 1. The lowest BCUT2D eigenvalue weighted by Crippen LogP contribution is -2.29. The highest BCUT2D eigenvalue weighted by atomic mass is 35.5. The van der Waals surface area contributed by atoms with Gasteiger partial charge in [-0.2, -0.15) is 5.26 Å². The number of Topliss-reactive ketones (excluding diaryl/α,β-unsaturated/α-hetero) is 1. The topological polar surface area (TPSA) is 85.8 Å². The number of halogens is 2. The van der Waals surface area contributed by atoms with Crippen LogP contribution in [0.25, 0.3) is 10.8 Å². The van der Waals surface area contributed by atoms with Crippen LogP contribution in [-0.2, 0) is 4.79 Å². The molecule has 25 heavy (non-hydrogen) atoms. The maximum Gasteiger partial charge on any atom is 0.249 e.